The third-order valence-corrected chi connectivity index (χ3v) is 15.2. The second-order valence-electron chi connectivity index (χ2n) is 22.2. The van der Waals surface area contributed by atoms with Crippen LogP contribution in [-0.4, -0.2) is 142 Å². The van der Waals surface area contributed by atoms with Gasteiger partial charge in [0.05, 0.1) is 19.8 Å². The van der Waals surface area contributed by atoms with E-state index in [-0.39, 0.29) is 26.1 Å². The average molecular weight is 1090 g/mol. The minimum absolute atomic E-state index is 0.170. The fourth-order valence-corrected chi connectivity index (χ4v) is 10.2. The molecule has 0 aromatic rings. The molecule has 11 atom stereocenters. The molecule has 0 aromatic carbocycles. The van der Waals surface area contributed by atoms with Crippen LogP contribution in [0.2, 0.25) is 0 Å². The van der Waals surface area contributed by atoms with Gasteiger partial charge in [-0.15, -0.1) is 0 Å². The Morgan fingerprint density at radius 1 is 0.408 bits per heavy atom. The molecule has 448 valence electrons. The minimum Gasteiger partial charge on any atom is -0.462 e. The van der Waals surface area contributed by atoms with Crippen molar-refractivity contribution in [2.45, 2.75) is 338 Å². The Hall–Kier alpha value is -1.76. The van der Waals surface area contributed by atoms with Crippen LogP contribution in [-0.2, 0) is 38.0 Å². The van der Waals surface area contributed by atoms with E-state index < -0.39 is 92.7 Å². The Balaban J connectivity index is 1.72. The molecule has 2 fully saturated rings. The lowest BCUT2D eigenvalue weighted by atomic mass is 9.98. The highest BCUT2D eigenvalue weighted by Gasteiger charge is 2.47. The fraction of sp³-hybridized carbons (Fsp3) is 0.934. The number of esters is 2. The van der Waals surface area contributed by atoms with E-state index in [9.17, 15) is 45.3 Å². The summed E-state index contributed by atoms with van der Waals surface area (Å²) in [6.45, 7) is 2.66. The SMILES string of the molecule is CCCCCCCC/C=C/CCCCCCCCCCCCCC(=O)O[C@H](COC(=O)CCCCCCCCCCCCCCCCCCCCC)CO[C@H]1O[C@@H](CO[C@H]2O[C@@H](CO)[C@@H](O)C(O)C2O)[C@@H](O)C(O)C1O. The number of carbonyl (C=O) groups excluding carboxylic acids is 2. The summed E-state index contributed by atoms with van der Waals surface area (Å²) < 4.78 is 33.8. The van der Waals surface area contributed by atoms with Crippen LogP contribution in [0.5, 0.6) is 0 Å². The van der Waals surface area contributed by atoms with Crippen LogP contribution < -0.4 is 0 Å². The molecule has 0 aliphatic carbocycles. The van der Waals surface area contributed by atoms with Crippen molar-refractivity contribution in [1.29, 1.82) is 0 Å². The van der Waals surface area contributed by atoms with Gasteiger partial charge in [0.1, 0.15) is 55.4 Å². The lowest BCUT2D eigenvalue weighted by molar-refractivity contribution is -0.332. The maximum atomic E-state index is 13.1. The smallest absolute Gasteiger partial charge is 0.306 e. The van der Waals surface area contributed by atoms with Crippen LogP contribution in [0.1, 0.15) is 271 Å². The molecule has 0 amide bonds. The van der Waals surface area contributed by atoms with Gasteiger partial charge in [0.2, 0.25) is 0 Å². The van der Waals surface area contributed by atoms with E-state index >= 15 is 0 Å². The molecule has 0 bridgehead atoms. The van der Waals surface area contributed by atoms with Gasteiger partial charge >= 0.3 is 11.9 Å². The van der Waals surface area contributed by atoms with Crippen molar-refractivity contribution in [1.82, 2.24) is 0 Å². The Morgan fingerprint density at radius 2 is 0.750 bits per heavy atom. The molecule has 0 saturated carbocycles. The molecule has 4 unspecified atom stereocenters. The molecule has 2 aliphatic heterocycles. The molecule has 7 N–H and O–H groups in total. The molecular weight excluding hydrogens is 973 g/mol. The molecule has 0 aromatic heterocycles. The number of ether oxygens (including phenoxy) is 6. The number of hydrogen-bond acceptors (Lipinski definition) is 15. The van der Waals surface area contributed by atoms with E-state index in [0.29, 0.717) is 12.8 Å². The predicted octanol–water partition coefficient (Wildman–Crippen LogP) is 11.3. The molecule has 15 heteroatoms. The first kappa shape index (κ1) is 70.3. The summed E-state index contributed by atoms with van der Waals surface area (Å²) in [4.78, 5) is 26.0. The summed E-state index contributed by atoms with van der Waals surface area (Å²) in [6, 6.07) is 0. The number of rotatable bonds is 51. The quantitative estimate of drug-likeness (QED) is 0.0171. The van der Waals surface area contributed by atoms with Crippen molar-refractivity contribution >= 4 is 11.9 Å². The van der Waals surface area contributed by atoms with Crippen LogP contribution >= 0.6 is 0 Å². The first-order valence-electron chi connectivity index (χ1n) is 31.3. The van der Waals surface area contributed by atoms with Crippen molar-refractivity contribution in [3.05, 3.63) is 12.2 Å². The third-order valence-electron chi connectivity index (χ3n) is 15.2. The second-order valence-corrected chi connectivity index (χ2v) is 22.2. The molecule has 2 saturated heterocycles. The zero-order valence-electron chi connectivity index (χ0n) is 48.0. The van der Waals surface area contributed by atoms with Crippen LogP contribution in [0.4, 0.5) is 0 Å². The molecule has 2 rings (SSSR count). The standard InChI is InChI=1S/C61H114O15/c1-3-5-7-9-11-13-15-17-19-21-23-24-26-28-30-32-34-36-38-40-42-44-53(64)74-49(46-71-52(63)43-41-39-37-35-33-31-29-27-25-22-20-18-16-14-12-10-8-6-4-2)47-72-60-59(70)57(68)55(66)51(76-60)48-73-61-58(69)56(67)54(65)50(45-62)75-61/h17,19,49-51,54-62,65-70H,3-16,18,20-48H2,1-2H3/b19-17+/t49-,50+,51+,54-,55-,56?,57?,58?,59?,60+,61+/m1/s1. The number of hydrogen-bond donors (Lipinski definition) is 7. The Kier molecular flexibility index (Phi) is 44.4. The van der Waals surface area contributed by atoms with Crippen LogP contribution in [0.3, 0.4) is 0 Å². The zero-order chi connectivity index (χ0) is 55.3. The second kappa shape index (κ2) is 48.0. The fourth-order valence-electron chi connectivity index (χ4n) is 10.2. The van der Waals surface area contributed by atoms with Gasteiger partial charge in [-0.25, -0.2) is 0 Å². The predicted molar refractivity (Wildman–Crippen MR) is 298 cm³/mol. The Morgan fingerprint density at radius 3 is 1.16 bits per heavy atom. The summed E-state index contributed by atoms with van der Waals surface area (Å²) in [6.07, 6.45) is 35.1. The average Bonchev–Trinajstić information content (AvgIpc) is 3.41. The Bertz CT molecular complexity index is 1370. The van der Waals surface area contributed by atoms with E-state index in [1.807, 2.05) is 0 Å². The molecule has 15 nitrogen and oxygen atoms in total. The molecular formula is C61H114O15. The van der Waals surface area contributed by atoms with E-state index in [2.05, 4.69) is 26.0 Å². The number of aliphatic hydroxyl groups excluding tert-OH is 7. The number of allylic oxidation sites excluding steroid dienone is 2. The third kappa shape index (κ3) is 34.4. The summed E-state index contributed by atoms with van der Waals surface area (Å²) in [7, 11) is 0. The Labute approximate surface area is 460 Å². The molecule has 76 heavy (non-hydrogen) atoms. The molecule has 2 heterocycles. The first-order chi connectivity index (χ1) is 37.0. The van der Waals surface area contributed by atoms with Crippen molar-refractivity contribution in [2.75, 3.05) is 26.4 Å². The van der Waals surface area contributed by atoms with Crippen molar-refractivity contribution < 1.29 is 73.8 Å². The van der Waals surface area contributed by atoms with E-state index in [1.165, 1.54) is 193 Å². The molecule has 2 aliphatic rings. The summed E-state index contributed by atoms with van der Waals surface area (Å²) in [5.74, 6) is -0.907. The highest BCUT2D eigenvalue weighted by Crippen LogP contribution is 2.27. The van der Waals surface area contributed by atoms with Crippen LogP contribution in [0.25, 0.3) is 0 Å². The van der Waals surface area contributed by atoms with Gasteiger partial charge in [0, 0.05) is 12.8 Å². The summed E-state index contributed by atoms with van der Waals surface area (Å²) >= 11 is 0. The van der Waals surface area contributed by atoms with Gasteiger partial charge in [-0.2, -0.15) is 0 Å². The first-order valence-corrected chi connectivity index (χ1v) is 31.3. The molecule has 0 spiro atoms. The highest BCUT2D eigenvalue weighted by molar-refractivity contribution is 5.70. The minimum atomic E-state index is -1.76. The largest absolute Gasteiger partial charge is 0.462 e. The zero-order valence-corrected chi connectivity index (χ0v) is 48.0. The van der Waals surface area contributed by atoms with Gasteiger partial charge in [-0.05, 0) is 38.5 Å². The van der Waals surface area contributed by atoms with Crippen molar-refractivity contribution in [3.63, 3.8) is 0 Å². The van der Waals surface area contributed by atoms with Crippen molar-refractivity contribution in [3.8, 4) is 0 Å². The van der Waals surface area contributed by atoms with Crippen LogP contribution in [0, 0.1) is 0 Å². The van der Waals surface area contributed by atoms with Crippen molar-refractivity contribution in [2.24, 2.45) is 0 Å². The lowest BCUT2D eigenvalue weighted by Gasteiger charge is -2.42. The summed E-state index contributed by atoms with van der Waals surface area (Å²) in [5.41, 5.74) is 0. The van der Waals surface area contributed by atoms with Gasteiger partial charge < -0.3 is 64.2 Å². The monoisotopic (exact) mass is 1090 g/mol. The number of aliphatic hydroxyl groups is 7. The van der Waals surface area contributed by atoms with E-state index in [4.69, 9.17) is 28.4 Å². The van der Waals surface area contributed by atoms with E-state index in [0.717, 1.165) is 38.5 Å². The van der Waals surface area contributed by atoms with E-state index in [1.54, 1.807) is 0 Å². The van der Waals surface area contributed by atoms with Gasteiger partial charge in [-0.3, -0.25) is 9.59 Å². The molecule has 0 radical (unpaired) electrons. The maximum absolute atomic E-state index is 13.1. The highest BCUT2D eigenvalue weighted by atomic mass is 16.7. The van der Waals surface area contributed by atoms with Gasteiger partial charge in [0.15, 0.2) is 18.7 Å². The topological polar surface area (TPSA) is 231 Å². The maximum Gasteiger partial charge on any atom is 0.306 e. The van der Waals surface area contributed by atoms with Gasteiger partial charge in [-0.1, -0.05) is 231 Å². The number of unbranched alkanes of at least 4 members (excludes halogenated alkanes) is 35. The lowest BCUT2D eigenvalue weighted by Crippen LogP contribution is -2.61. The number of carbonyl (C=O) groups is 2. The van der Waals surface area contributed by atoms with Crippen LogP contribution in [0.15, 0.2) is 12.2 Å². The normalized spacial score (nSPS) is 24.3. The van der Waals surface area contributed by atoms with Gasteiger partial charge in [0.25, 0.3) is 0 Å². The summed E-state index contributed by atoms with van der Waals surface area (Å²) in [5, 5.41) is 72.4.